The van der Waals surface area contributed by atoms with Crippen LogP contribution in [0.4, 0.5) is 0 Å². The van der Waals surface area contributed by atoms with Crippen LogP contribution in [0, 0.1) is 0 Å². The van der Waals surface area contributed by atoms with Gasteiger partial charge in [-0.05, 0) is 24.6 Å². The molecule has 0 atom stereocenters. The summed E-state index contributed by atoms with van der Waals surface area (Å²) in [7, 11) is 0. The molecule has 0 unspecified atom stereocenters. The van der Waals surface area contributed by atoms with Crippen molar-refractivity contribution in [1.29, 1.82) is 0 Å². The Kier molecular flexibility index (Phi) is 4.27. The predicted octanol–water partition coefficient (Wildman–Crippen LogP) is 1.38. The average molecular weight is 225 g/mol. The molecule has 1 aromatic rings. The SMILES string of the molecule is C/C(=N\N=C(N)CN)c1ccc(Cl)cc1. The summed E-state index contributed by atoms with van der Waals surface area (Å²) < 4.78 is 0. The second-order valence-corrected chi connectivity index (χ2v) is 3.42. The zero-order valence-corrected chi connectivity index (χ0v) is 9.20. The number of nitrogens with zero attached hydrogens (tertiary/aromatic N) is 2. The minimum Gasteiger partial charge on any atom is -0.385 e. The van der Waals surface area contributed by atoms with Crippen molar-refractivity contribution in [3.8, 4) is 0 Å². The van der Waals surface area contributed by atoms with E-state index in [1.165, 1.54) is 0 Å². The molecule has 0 amide bonds. The molecular formula is C10H13ClN4. The standard InChI is InChI=1S/C10H13ClN4/c1-7(14-15-10(13)6-12)8-2-4-9(11)5-3-8/h2-5H,6,12H2,1H3,(H2,13,15)/b14-7+. The quantitative estimate of drug-likeness (QED) is 0.462. The molecule has 0 heterocycles. The van der Waals surface area contributed by atoms with E-state index in [1.807, 2.05) is 19.1 Å². The van der Waals surface area contributed by atoms with Gasteiger partial charge in [0.2, 0.25) is 0 Å². The van der Waals surface area contributed by atoms with E-state index in [4.69, 9.17) is 23.1 Å². The van der Waals surface area contributed by atoms with Crippen LogP contribution in [0.25, 0.3) is 0 Å². The molecule has 1 aromatic carbocycles. The Bertz CT molecular complexity index is 381. The summed E-state index contributed by atoms with van der Waals surface area (Å²) in [4.78, 5) is 0. The molecule has 0 bridgehead atoms. The van der Waals surface area contributed by atoms with Crippen molar-refractivity contribution in [2.75, 3.05) is 6.54 Å². The van der Waals surface area contributed by atoms with Gasteiger partial charge < -0.3 is 11.5 Å². The van der Waals surface area contributed by atoms with Crippen LogP contribution in [0.15, 0.2) is 34.5 Å². The van der Waals surface area contributed by atoms with Gasteiger partial charge >= 0.3 is 0 Å². The molecule has 0 aliphatic carbocycles. The van der Waals surface area contributed by atoms with Crippen molar-refractivity contribution < 1.29 is 0 Å². The number of rotatable bonds is 3. The van der Waals surface area contributed by atoms with Crippen molar-refractivity contribution in [3.05, 3.63) is 34.9 Å². The lowest BCUT2D eigenvalue weighted by Gasteiger charge is -1.98. The van der Waals surface area contributed by atoms with Crippen molar-refractivity contribution >= 4 is 23.1 Å². The van der Waals surface area contributed by atoms with Gasteiger partial charge in [-0.1, -0.05) is 23.7 Å². The van der Waals surface area contributed by atoms with Crippen LogP contribution in [-0.2, 0) is 0 Å². The Morgan fingerprint density at radius 1 is 1.27 bits per heavy atom. The summed E-state index contributed by atoms with van der Waals surface area (Å²) >= 11 is 5.76. The Hall–Kier alpha value is -1.39. The lowest BCUT2D eigenvalue weighted by molar-refractivity contribution is 1.16. The highest BCUT2D eigenvalue weighted by molar-refractivity contribution is 6.30. The fraction of sp³-hybridized carbons (Fsp3) is 0.200. The van der Waals surface area contributed by atoms with Crippen LogP contribution in [0.2, 0.25) is 5.02 Å². The molecule has 0 aliphatic rings. The molecule has 0 aliphatic heterocycles. The van der Waals surface area contributed by atoms with Crippen LogP contribution in [0.5, 0.6) is 0 Å². The largest absolute Gasteiger partial charge is 0.385 e. The topological polar surface area (TPSA) is 76.8 Å². The lowest BCUT2D eigenvalue weighted by atomic mass is 10.1. The molecule has 80 valence electrons. The monoisotopic (exact) mass is 224 g/mol. The van der Waals surface area contributed by atoms with Gasteiger partial charge in [0.15, 0.2) is 0 Å². The van der Waals surface area contributed by atoms with Gasteiger partial charge in [0.05, 0.1) is 12.3 Å². The molecule has 0 spiro atoms. The van der Waals surface area contributed by atoms with Gasteiger partial charge in [-0.3, -0.25) is 0 Å². The Morgan fingerprint density at radius 3 is 2.40 bits per heavy atom. The van der Waals surface area contributed by atoms with E-state index >= 15 is 0 Å². The molecule has 4 nitrogen and oxygen atoms in total. The van der Waals surface area contributed by atoms with Crippen LogP contribution in [0.3, 0.4) is 0 Å². The van der Waals surface area contributed by atoms with E-state index < -0.39 is 0 Å². The fourth-order valence-electron chi connectivity index (χ4n) is 0.929. The maximum Gasteiger partial charge on any atom is 0.136 e. The normalized spacial score (nSPS) is 13.0. The second-order valence-electron chi connectivity index (χ2n) is 2.99. The van der Waals surface area contributed by atoms with E-state index in [9.17, 15) is 0 Å². The van der Waals surface area contributed by atoms with Crippen molar-refractivity contribution in [3.63, 3.8) is 0 Å². The zero-order valence-electron chi connectivity index (χ0n) is 8.44. The highest BCUT2D eigenvalue weighted by Crippen LogP contribution is 2.10. The Balaban J connectivity index is 2.85. The molecule has 0 radical (unpaired) electrons. The van der Waals surface area contributed by atoms with E-state index in [0.717, 1.165) is 11.3 Å². The van der Waals surface area contributed by atoms with Gasteiger partial charge in [-0.25, -0.2) is 0 Å². The molecule has 5 heteroatoms. The summed E-state index contributed by atoms with van der Waals surface area (Å²) in [6, 6.07) is 7.34. The zero-order chi connectivity index (χ0) is 11.3. The molecule has 0 saturated heterocycles. The number of hydrogen-bond acceptors (Lipinski definition) is 3. The number of nitrogens with two attached hydrogens (primary N) is 2. The maximum absolute atomic E-state index is 5.76. The average Bonchev–Trinajstić information content (AvgIpc) is 2.26. The first-order chi connectivity index (χ1) is 7.13. The van der Waals surface area contributed by atoms with Gasteiger partial charge in [-0.15, -0.1) is 5.10 Å². The summed E-state index contributed by atoms with van der Waals surface area (Å²) in [6.45, 7) is 2.05. The Labute approximate surface area is 93.6 Å². The van der Waals surface area contributed by atoms with Crippen LogP contribution < -0.4 is 11.5 Å². The van der Waals surface area contributed by atoms with E-state index in [0.29, 0.717) is 10.9 Å². The summed E-state index contributed by atoms with van der Waals surface area (Å²) in [5.74, 6) is 0.309. The van der Waals surface area contributed by atoms with Gasteiger partial charge in [0.1, 0.15) is 5.84 Å². The molecule has 0 aromatic heterocycles. The number of benzene rings is 1. The van der Waals surface area contributed by atoms with Crippen LogP contribution in [0.1, 0.15) is 12.5 Å². The fourth-order valence-corrected chi connectivity index (χ4v) is 1.05. The summed E-state index contributed by atoms with van der Waals surface area (Å²) in [5.41, 5.74) is 12.4. The highest BCUT2D eigenvalue weighted by Gasteiger charge is 1.96. The first-order valence-electron chi connectivity index (χ1n) is 4.46. The van der Waals surface area contributed by atoms with E-state index in [-0.39, 0.29) is 6.54 Å². The van der Waals surface area contributed by atoms with E-state index in [1.54, 1.807) is 12.1 Å². The summed E-state index contributed by atoms with van der Waals surface area (Å²) in [5, 5.41) is 8.41. The first-order valence-corrected chi connectivity index (χ1v) is 4.84. The van der Waals surface area contributed by atoms with Crippen molar-refractivity contribution in [2.45, 2.75) is 6.92 Å². The Morgan fingerprint density at radius 2 is 1.87 bits per heavy atom. The minimum absolute atomic E-state index is 0.206. The maximum atomic E-state index is 5.76. The van der Waals surface area contributed by atoms with E-state index in [2.05, 4.69) is 10.2 Å². The third-order valence-electron chi connectivity index (χ3n) is 1.80. The van der Waals surface area contributed by atoms with Crippen molar-refractivity contribution in [1.82, 2.24) is 0 Å². The van der Waals surface area contributed by atoms with Gasteiger partial charge in [-0.2, -0.15) is 5.10 Å². The third kappa shape index (κ3) is 3.69. The van der Waals surface area contributed by atoms with Crippen LogP contribution >= 0.6 is 11.6 Å². The molecule has 0 fully saturated rings. The molecule has 0 saturated carbocycles. The molecule has 1 rings (SSSR count). The first kappa shape index (κ1) is 11.7. The number of amidine groups is 1. The highest BCUT2D eigenvalue weighted by atomic mass is 35.5. The minimum atomic E-state index is 0.206. The summed E-state index contributed by atoms with van der Waals surface area (Å²) in [6.07, 6.45) is 0. The number of hydrogen-bond donors (Lipinski definition) is 2. The van der Waals surface area contributed by atoms with Crippen LogP contribution in [-0.4, -0.2) is 18.1 Å². The smallest absolute Gasteiger partial charge is 0.136 e. The van der Waals surface area contributed by atoms with Crippen molar-refractivity contribution in [2.24, 2.45) is 21.7 Å². The number of halogens is 1. The van der Waals surface area contributed by atoms with Gasteiger partial charge in [0.25, 0.3) is 0 Å². The predicted molar refractivity (Wildman–Crippen MR) is 64.3 cm³/mol. The molecule has 4 N–H and O–H groups in total. The van der Waals surface area contributed by atoms with Gasteiger partial charge in [0, 0.05) is 5.02 Å². The third-order valence-corrected chi connectivity index (χ3v) is 2.05. The molecular weight excluding hydrogens is 212 g/mol. The lowest BCUT2D eigenvalue weighted by Crippen LogP contribution is -2.22. The molecule has 15 heavy (non-hydrogen) atoms. The second kappa shape index (κ2) is 5.48.